The number of aliphatic imine (C=N–C) groups is 1. The van der Waals surface area contributed by atoms with Gasteiger partial charge in [0.1, 0.15) is 0 Å². The second-order valence-electron chi connectivity index (χ2n) is 6.05. The Labute approximate surface area is 151 Å². The average molecular weight is 364 g/mol. The summed E-state index contributed by atoms with van der Waals surface area (Å²) in [7, 11) is 1.63. The SMILES string of the molecule is CN=C(NCCc1ccc(C)nc1)NC(C)c1cccc(C(F)(F)F)c1. The maximum atomic E-state index is 12.9. The predicted molar refractivity (Wildman–Crippen MR) is 97.0 cm³/mol. The Bertz CT molecular complexity index is 739. The molecule has 0 spiro atoms. The average Bonchev–Trinajstić information content (AvgIpc) is 2.61. The Balaban J connectivity index is 1.92. The fourth-order valence-electron chi connectivity index (χ4n) is 2.44. The number of guanidine groups is 1. The molecule has 1 unspecified atom stereocenters. The quantitative estimate of drug-likeness (QED) is 0.625. The molecule has 0 aliphatic rings. The second kappa shape index (κ2) is 8.69. The summed E-state index contributed by atoms with van der Waals surface area (Å²) in [5.74, 6) is 0.537. The van der Waals surface area contributed by atoms with Gasteiger partial charge in [-0.05, 0) is 49.6 Å². The van der Waals surface area contributed by atoms with Crippen LogP contribution in [0.5, 0.6) is 0 Å². The monoisotopic (exact) mass is 364 g/mol. The van der Waals surface area contributed by atoms with Crippen LogP contribution < -0.4 is 10.6 Å². The van der Waals surface area contributed by atoms with Gasteiger partial charge in [0.05, 0.1) is 11.6 Å². The minimum atomic E-state index is -4.35. The largest absolute Gasteiger partial charge is 0.416 e. The highest BCUT2D eigenvalue weighted by atomic mass is 19.4. The summed E-state index contributed by atoms with van der Waals surface area (Å²) in [6.07, 6.45) is -1.75. The smallest absolute Gasteiger partial charge is 0.356 e. The van der Waals surface area contributed by atoms with Crippen LogP contribution in [0, 0.1) is 6.92 Å². The molecular formula is C19H23F3N4. The highest BCUT2D eigenvalue weighted by molar-refractivity contribution is 5.80. The van der Waals surface area contributed by atoms with Gasteiger partial charge < -0.3 is 10.6 Å². The van der Waals surface area contributed by atoms with Crippen LogP contribution in [0.2, 0.25) is 0 Å². The Morgan fingerprint density at radius 3 is 2.62 bits per heavy atom. The number of aryl methyl sites for hydroxylation is 1. The first-order chi connectivity index (χ1) is 12.3. The molecule has 1 aromatic carbocycles. The third kappa shape index (κ3) is 5.75. The standard InChI is InChI=1S/C19H23F3N4/c1-13-7-8-15(12-25-13)9-10-24-18(23-3)26-14(2)16-5-4-6-17(11-16)19(20,21)22/h4-8,11-12,14H,9-10H2,1-3H3,(H2,23,24,26). The van der Waals surface area contributed by atoms with E-state index in [1.165, 1.54) is 6.07 Å². The van der Waals surface area contributed by atoms with Crippen molar-refractivity contribution in [3.63, 3.8) is 0 Å². The molecule has 1 atom stereocenters. The van der Waals surface area contributed by atoms with Crippen LogP contribution in [0.25, 0.3) is 0 Å². The lowest BCUT2D eigenvalue weighted by molar-refractivity contribution is -0.137. The van der Waals surface area contributed by atoms with Crippen molar-refractivity contribution in [2.24, 2.45) is 4.99 Å². The number of halogens is 3. The number of aromatic nitrogens is 1. The van der Waals surface area contributed by atoms with Gasteiger partial charge in [0.15, 0.2) is 5.96 Å². The molecule has 7 heteroatoms. The van der Waals surface area contributed by atoms with Crippen LogP contribution in [-0.4, -0.2) is 24.5 Å². The zero-order valence-corrected chi connectivity index (χ0v) is 15.1. The van der Waals surface area contributed by atoms with Gasteiger partial charge in [0.25, 0.3) is 0 Å². The molecule has 1 heterocycles. The van der Waals surface area contributed by atoms with Crippen LogP contribution in [0.4, 0.5) is 13.2 Å². The van der Waals surface area contributed by atoms with E-state index in [2.05, 4.69) is 20.6 Å². The van der Waals surface area contributed by atoms with Crippen molar-refractivity contribution >= 4 is 5.96 Å². The van der Waals surface area contributed by atoms with E-state index in [0.29, 0.717) is 18.1 Å². The first-order valence-corrected chi connectivity index (χ1v) is 8.35. The third-order valence-corrected chi connectivity index (χ3v) is 3.97. The molecule has 0 aliphatic heterocycles. The normalized spacial score (nSPS) is 13.4. The van der Waals surface area contributed by atoms with Crippen molar-refractivity contribution in [1.82, 2.24) is 15.6 Å². The summed E-state index contributed by atoms with van der Waals surface area (Å²) in [4.78, 5) is 8.37. The topological polar surface area (TPSA) is 49.3 Å². The van der Waals surface area contributed by atoms with E-state index < -0.39 is 11.7 Å². The Hall–Kier alpha value is -2.57. The maximum absolute atomic E-state index is 12.9. The summed E-state index contributed by atoms with van der Waals surface area (Å²) < 4.78 is 38.6. The summed E-state index contributed by atoms with van der Waals surface area (Å²) in [5.41, 5.74) is 1.96. The third-order valence-electron chi connectivity index (χ3n) is 3.97. The van der Waals surface area contributed by atoms with Crippen molar-refractivity contribution in [2.75, 3.05) is 13.6 Å². The fraction of sp³-hybridized carbons (Fsp3) is 0.368. The molecule has 140 valence electrons. The number of hydrogen-bond donors (Lipinski definition) is 2. The summed E-state index contributed by atoms with van der Waals surface area (Å²) in [6, 6.07) is 8.96. The number of hydrogen-bond acceptors (Lipinski definition) is 2. The van der Waals surface area contributed by atoms with Crippen molar-refractivity contribution in [2.45, 2.75) is 32.5 Å². The lowest BCUT2D eigenvalue weighted by atomic mass is 10.1. The van der Waals surface area contributed by atoms with Gasteiger partial charge in [-0.3, -0.25) is 9.98 Å². The number of nitrogens with zero attached hydrogens (tertiary/aromatic N) is 2. The van der Waals surface area contributed by atoms with Crippen molar-refractivity contribution < 1.29 is 13.2 Å². The molecule has 0 saturated carbocycles. The molecule has 26 heavy (non-hydrogen) atoms. The lowest BCUT2D eigenvalue weighted by Crippen LogP contribution is -2.39. The summed E-state index contributed by atoms with van der Waals surface area (Å²) in [6.45, 7) is 4.37. The van der Waals surface area contributed by atoms with Gasteiger partial charge in [-0.2, -0.15) is 13.2 Å². The van der Waals surface area contributed by atoms with Crippen LogP contribution in [0.3, 0.4) is 0 Å². The summed E-state index contributed by atoms with van der Waals surface area (Å²) in [5, 5.41) is 6.28. The van der Waals surface area contributed by atoms with E-state index in [-0.39, 0.29) is 6.04 Å². The first-order valence-electron chi connectivity index (χ1n) is 8.35. The molecule has 0 amide bonds. The molecule has 0 radical (unpaired) electrons. The lowest BCUT2D eigenvalue weighted by Gasteiger charge is -2.19. The highest BCUT2D eigenvalue weighted by Crippen LogP contribution is 2.30. The minimum Gasteiger partial charge on any atom is -0.356 e. The van der Waals surface area contributed by atoms with Crippen molar-refractivity contribution in [3.05, 3.63) is 65.0 Å². The van der Waals surface area contributed by atoms with E-state index in [1.807, 2.05) is 25.3 Å². The maximum Gasteiger partial charge on any atom is 0.416 e. The van der Waals surface area contributed by atoms with Gasteiger partial charge in [-0.1, -0.05) is 18.2 Å². The molecule has 0 bridgehead atoms. The first kappa shape index (κ1) is 19.8. The van der Waals surface area contributed by atoms with Crippen LogP contribution >= 0.6 is 0 Å². The zero-order valence-electron chi connectivity index (χ0n) is 15.1. The molecule has 0 aliphatic carbocycles. The second-order valence-corrected chi connectivity index (χ2v) is 6.05. The van der Waals surface area contributed by atoms with Crippen molar-refractivity contribution in [3.8, 4) is 0 Å². The molecule has 4 nitrogen and oxygen atoms in total. The number of rotatable bonds is 5. The molecule has 1 aromatic heterocycles. The Morgan fingerprint density at radius 2 is 2.00 bits per heavy atom. The molecule has 2 N–H and O–H groups in total. The number of pyridine rings is 1. The van der Waals surface area contributed by atoms with Gasteiger partial charge >= 0.3 is 6.18 Å². The van der Waals surface area contributed by atoms with Crippen LogP contribution in [0.1, 0.15) is 35.3 Å². The van der Waals surface area contributed by atoms with E-state index >= 15 is 0 Å². The van der Waals surface area contributed by atoms with Gasteiger partial charge in [0.2, 0.25) is 0 Å². The predicted octanol–water partition coefficient (Wildman–Crippen LogP) is 3.88. The van der Waals surface area contributed by atoms with E-state index in [9.17, 15) is 13.2 Å². The van der Waals surface area contributed by atoms with Crippen LogP contribution in [0.15, 0.2) is 47.6 Å². The number of alkyl halides is 3. The van der Waals surface area contributed by atoms with E-state index in [1.54, 1.807) is 20.0 Å². The van der Waals surface area contributed by atoms with Gasteiger partial charge in [0, 0.05) is 25.5 Å². The number of benzene rings is 1. The molecular weight excluding hydrogens is 341 g/mol. The van der Waals surface area contributed by atoms with Gasteiger partial charge in [-0.15, -0.1) is 0 Å². The van der Waals surface area contributed by atoms with E-state index in [0.717, 1.165) is 29.8 Å². The van der Waals surface area contributed by atoms with Crippen LogP contribution in [-0.2, 0) is 12.6 Å². The fourth-order valence-corrected chi connectivity index (χ4v) is 2.44. The molecule has 0 saturated heterocycles. The minimum absolute atomic E-state index is 0.315. The Morgan fingerprint density at radius 1 is 1.23 bits per heavy atom. The number of nitrogens with one attached hydrogen (secondary N) is 2. The zero-order chi connectivity index (χ0) is 19.2. The van der Waals surface area contributed by atoms with Gasteiger partial charge in [-0.25, -0.2) is 0 Å². The van der Waals surface area contributed by atoms with E-state index in [4.69, 9.17) is 0 Å². The summed E-state index contributed by atoms with van der Waals surface area (Å²) >= 11 is 0. The molecule has 2 aromatic rings. The molecule has 0 fully saturated rings. The molecule has 2 rings (SSSR count). The Kier molecular flexibility index (Phi) is 6.60. The van der Waals surface area contributed by atoms with Crippen molar-refractivity contribution in [1.29, 1.82) is 0 Å². The highest BCUT2D eigenvalue weighted by Gasteiger charge is 2.30.